The van der Waals surface area contributed by atoms with Gasteiger partial charge in [0, 0.05) is 40.5 Å². The molecular formula is C36H28N2O3S. The van der Waals surface area contributed by atoms with E-state index in [4.69, 9.17) is 9.72 Å². The van der Waals surface area contributed by atoms with Crippen molar-refractivity contribution in [1.29, 1.82) is 0 Å². The molecule has 6 heteroatoms. The summed E-state index contributed by atoms with van der Waals surface area (Å²) in [4.78, 5) is 23.4. The van der Waals surface area contributed by atoms with E-state index in [9.17, 15) is 5.11 Å². The molecule has 1 saturated carbocycles. The Balaban J connectivity index is 1.40. The third kappa shape index (κ3) is 2.26. The molecule has 10 rings (SSSR count). The number of ether oxygens (including phenoxy) is 1. The lowest BCUT2D eigenvalue weighted by atomic mass is 9.57. The van der Waals surface area contributed by atoms with Crippen LogP contribution in [0.1, 0.15) is 51.0 Å². The summed E-state index contributed by atoms with van der Waals surface area (Å²) in [6.07, 6.45) is 0.547. The van der Waals surface area contributed by atoms with Crippen molar-refractivity contribution in [1.82, 2.24) is 9.88 Å². The number of aliphatic hydroxyl groups is 1. The quantitative estimate of drug-likeness (QED) is 0.268. The summed E-state index contributed by atoms with van der Waals surface area (Å²) < 4.78 is 5.99. The average molecular weight is 569 g/mol. The highest BCUT2D eigenvalue weighted by atomic mass is 32.2. The first-order valence-corrected chi connectivity index (χ1v) is 15.9. The summed E-state index contributed by atoms with van der Waals surface area (Å²) in [6, 6.07) is 31.1. The number of methoxy groups -OCH3 is 1. The van der Waals surface area contributed by atoms with Gasteiger partial charge in [-0.05, 0) is 52.1 Å². The molecule has 3 fully saturated rings. The topological polar surface area (TPSA) is 62.7 Å². The number of thioether (sulfide) groups is 1. The number of rotatable bonds is 2. The Hall–Kier alpha value is -3.71. The number of hydrogen-bond acceptors (Lipinski definition) is 6. The largest absolute Gasteiger partial charge is 0.496 e. The summed E-state index contributed by atoms with van der Waals surface area (Å²) in [5.41, 5.74) is 2.20. The van der Waals surface area contributed by atoms with Crippen LogP contribution in [0.25, 0.3) is 21.7 Å². The van der Waals surface area contributed by atoms with Crippen molar-refractivity contribution in [2.45, 2.75) is 35.4 Å². The molecule has 0 amide bonds. The first-order valence-electron chi connectivity index (χ1n) is 14.7. The average Bonchev–Trinajstić information content (AvgIpc) is 3.70. The first-order chi connectivity index (χ1) is 20.6. The summed E-state index contributed by atoms with van der Waals surface area (Å²) in [5.74, 6) is 2.09. The highest BCUT2D eigenvalue weighted by Gasteiger charge is 2.88. The summed E-state index contributed by atoms with van der Waals surface area (Å²) >= 11 is 1.90. The van der Waals surface area contributed by atoms with Gasteiger partial charge in [0.05, 0.1) is 29.3 Å². The molecule has 4 aromatic carbocycles. The van der Waals surface area contributed by atoms with Crippen molar-refractivity contribution in [3.05, 3.63) is 119 Å². The van der Waals surface area contributed by atoms with Gasteiger partial charge in [0.15, 0.2) is 5.78 Å². The summed E-state index contributed by atoms with van der Waals surface area (Å²) in [7, 11) is 1.72. The van der Waals surface area contributed by atoms with Crippen LogP contribution < -0.4 is 4.74 Å². The van der Waals surface area contributed by atoms with E-state index in [-0.39, 0.29) is 23.7 Å². The molecule has 3 heterocycles. The monoisotopic (exact) mass is 568 g/mol. The smallest absolute Gasteiger partial charge is 0.173 e. The zero-order chi connectivity index (χ0) is 28.0. The normalized spacial score (nSPS) is 33.6. The van der Waals surface area contributed by atoms with Crippen LogP contribution in [0.3, 0.4) is 0 Å². The van der Waals surface area contributed by atoms with Gasteiger partial charge >= 0.3 is 0 Å². The summed E-state index contributed by atoms with van der Waals surface area (Å²) in [5, 5.41) is 17.0. The number of aromatic nitrogens is 1. The van der Waals surface area contributed by atoms with Crippen LogP contribution in [-0.2, 0) is 11.1 Å². The van der Waals surface area contributed by atoms with Gasteiger partial charge in [-0.2, -0.15) is 0 Å². The van der Waals surface area contributed by atoms with E-state index in [1.54, 1.807) is 7.11 Å². The van der Waals surface area contributed by atoms with Gasteiger partial charge in [-0.25, -0.2) is 0 Å². The second-order valence-corrected chi connectivity index (χ2v) is 13.6. The highest BCUT2D eigenvalue weighted by Crippen LogP contribution is 2.83. The molecule has 1 aromatic heterocycles. The predicted molar refractivity (Wildman–Crippen MR) is 164 cm³/mol. The van der Waals surface area contributed by atoms with Crippen LogP contribution in [-0.4, -0.2) is 45.6 Å². The maximum absolute atomic E-state index is 15.7. The van der Waals surface area contributed by atoms with Crippen molar-refractivity contribution >= 4 is 39.2 Å². The van der Waals surface area contributed by atoms with Crippen LogP contribution in [0.5, 0.6) is 5.75 Å². The lowest BCUT2D eigenvalue weighted by molar-refractivity contribution is -0.109. The molecule has 6 atom stereocenters. The number of fused-ring (bicyclic) bond motifs is 7. The molecule has 5 aromatic rings. The Morgan fingerprint density at radius 3 is 2.57 bits per heavy atom. The number of carbonyl (C=O) groups is 1. The minimum absolute atomic E-state index is 0.0715. The van der Waals surface area contributed by atoms with Gasteiger partial charge in [0.1, 0.15) is 11.4 Å². The maximum Gasteiger partial charge on any atom is 0.173 e. The number of carbonyl (C=O) groups excluding carboxylic acids is 1. The van der Waals surface area contributed by atoms with Crippen LogP contribution in [0, 0.1) is 5.41 Å². The molecule has 3 aliphatic carbocycles. The van der Waals surface area contributed by atoms with Crippen LogP contribution in [0.2, 0.25) is 0 Å². The Morgan fingerprint density at radius 1 is 0.952 bits per heavy atom. The highest BCUT2D eigenvalue weighted by molar-refractivity contribution is 7.99. The standard InChI is InChI=1S/C36H28N2O3S/c1-41-29-15-5-3-11-22(29)31-28-18-42-19-38(28)36-25-13-7-10-20-9-6-12-24(30(20)25)35(36,40)26-17-34(31,36)33(39)23-16-21-8-2-4-14-27(21)37-32(23)26/h2-16,26,28,31,40H,17-19H2,1H3/t26-,28?,31-,34-,35-,36+/m0/s1. The molecule has 42 heavy (non-hydrogen) atoms. The zero-order valence-electron chi connectivity index (χ0n) is 23.1. The SMILES string of the molecule is COc1ccccc1[C@H]1C2CSCN2[C@@]23c4cccc5cccc(c45)[C@]2(O)[C@H]2C[C@@]13C(=O)c1cc3ccccc3nc12. The van der Waals surface area contributed by atoms with Crippen molar-refractivity contribution in [3.63, 3.8) is 0 Å². The van der Waals surface area contributed by atoms with E-state index in [1.165, 1.54) is 0 Å². The molecule has 2 aliphatic heterocycles. The molecule has 2 spiro atoms. The predicted octanol–water partition coefficient (Wildman–Crippen LogP) is 6.34. The van der Waals surface area contributed by atoms with Gasteiger partial charge in [0.25, 0.3) is 0 Å². The first kappa shape index (κ1) is 23.8. The Labute approximate surface area is 247 Å². The Morgan fingerprint density at radius 2 is 1.71 bits per heavy atom. The van der Waals surface area contributed by atoms with E-state index in [0.717, 1.165) is 61.4 Å². The molecule has 2 bridgehead atoms. The van der Waals surface area contributed by atoms with Gasteiger partial charge in [-0.15, -0.1) is 11.8 Å². The van der Waals surface area contributed by atoms with Gasteiger partial charge in [0.2, 0.25) is 0 Å². The van der Waals surface area contributed by atoms with E-state index in [1.807, 2.05) is 48.2 Å². The second-order valence-electron chi connectivity index (χ2n) is 12.6. The number of ketones is 1. The molecule has 5 nitrogen and oxygen atoms in total. The van der Waals surface area contributed by atoms with Crippen LogP contribution in [0.15, 0.2) is 91.0 Å². The molecule has 5 aliphatic rings. The zero-order valence-corrected chi connectivity index (χ0v) is 23.9. The third-order valence-electron chi connectivity index (χ3n) is 11.4. The molecule has 1 unspecified atom stereocenters. The van der Waals surface area contributed by atoms with Crippen molar-refractivity contribution < 1.29 is 14.6 Å². The minimum Gasteiger partial charge on any atom is -0.496 e. The Bertz CT molecular complexity index is 2040. The Kier molecular flexibility index (Phi) is 4.32. The molecular weight excluding hydrogens is 540 g/mol. The fraction of sp³-hybridized carbons (Fsp3) is 0.278. The second kappa shape index (κ2) is 7.62. The third-order valence-corrected chi connectivity index (χ3v) is 12.4. The van der Waals surface area contributed by atoms with Gasteiger partial charge < -0.3 is 9.84 Å². The van der Waals surface area contributed by atoms with E-state index < -0.39 is 16.6 Å². The van der Waals surface area contributed by atoms with E-state index in [0.29, 0.717) is 12.0 Å². The van der Waals surface area contributed by atoms with E-state index in [2.05, 4.69) is 59.5 Å². The van der Waals surface area contributed by atoms with Gasteiger partial charge in [-0.3, -0.25) is 14.7 Å². The molecule has 206 valence electrons. The number of hydrogen-bond donors (Lipinski definition) is 1. The van der Waals surface area contributed by atoms with E-state index >= 15 is 4.79 Å². The van der Waals surface area contributed by atoms with Crippen molar-refractivity contribution in [3.8, 4) is 5.75 Å². The summed E-state index contributed by atoms with van der Waals surface area (Å²) in [6.45, 7) is 0. The van der Waals surface area contributed by atoms with Gasteiger partial charge in [-0.1, -0.05) is 72.8 Å². The molecule has 0 radical (unpaired) electrons. The lowest BCUT2D eigenvalue weighted by Gasteiger charge is -2.49. The van der Waals surface area contributed by atoms with Crippen LogP contribution in [0.4, 0.5) is 0 Å². The molecule has 1 N–H and O–H groups in total. The minimum atomic E-state index is -1.33. The lowest BCUT2D eigenvalue weighted by Crippen LogP contribution is -2.59. The molecule has 2 saturated heterocycles. The fourth-order valence-electron chi connectivity index (χ4n) is 10.3. The van der Waals surface area contributed by atoms with Crippen LogP contribution >= 0.6 is 11.8 Å². The fourth-order valence-corrected chi connectivity index (χ4v) is 11.6. The van der Waals surface area contributed by atoms with Crippen molar-refractivity contribution in [2.24, 2.45) is 5.41 Å². The number of nitrogens with zero attached hydrogens (tertiary/aromatic N) is 2. The maximum atomic E-state index is 15.7. The number of pyridine rings is 1. The number of Topliss-reactive ketones (excluding diaryl/α,β-unsaturated/α-hetero) is 1. The van der Waals surface area contributed by atoms with Crippen molar-refractivity contribution in [2.75, 3.05) is 18.7 Å². The number of para-hydroxylation sites is 2. The number of benzene rings is 4.